The van der Waals surface area contributed by atoms with Gasteiger partial charge in [0.25, 0.3) is 11.8 Å². The molecular formula is C24H24N8O2. The first-order valence-corrected chi connectivity index (χ1v) is 10.8. The van der Waals surface area contributed by atoms with Crippen molar-refractivity contribution < 1.29 is 9.59 Å². The van der Waals surface area contributed by atoms with Crippen molar-refractivity contribution >= 4 is 40.8 Å². The zero-order valence-corrected chi connectivity index (χ0v) is 18.5. The van der Waals surface area contributed by atoms with Crippen LogP contribution >= 0.6 is 0 Å². The molecule has 1 aromatic carbocycles. The summed E-state index contributed by atoms with van der Waals surface area (Å²) in [5, 5.41) is 16.5. The summed E-state index contributed by atoms with van der Waals surface area (Å²) in [7, 11) is 1.43. The molecule has 0 radical (unpaired) electrons. The first-order valence-electron chi connectivity index (χ1n) is 10.8. The molecule has 10 heteroatoms. The van der Waals surface area contributed by atoms with Crippen LogP contribution in [0.15, 0.2) is 66.2 Å². The van der Waals surface area contributed by atoms with E-state index in [1.807, 2.05) is 24.3 Å². The van der Waals surface area contributed by atoms with E-state index in [0.29, 0.717) is 23.0 Å². The predicted molar refractivity (Wildman–Crippen MR) is 129 cm³/mol. The second kappa shape index (κ2) is 10.4. The van der Waals surface area contributed by atoms with Gasteiger partial charge in [0.15, 0.2) is 5.69 Å². The van der Waals surface area contributed by atoms with E-state index in [-0.39, 0.29) is 11.4 Å². The van der Waals surface area contributed by atoms with E-state index in [9.17, 15) is 9.59 Å². The summed E-state index contributed by atoms with van der Waals surface area (Å²) in [5.74, 6) is -0.829. The summed E-state index contributed by atoms with van der Waals surface area (Å²) in [4.78, 5) is 42.4. The minimum Gasteiger partial charge on any atom is -0.354 e. The third kappa shape index (κ3) is 5.66. The number of nitrogens with one attached hydrogen (secondary N) is 4. The molecule has 4 rings (SSSR count). The van der Waals surface area contributed by atoms with Gasteiger partial charge in [-0.3, -0.25) is 20.0 Å². The summed E-state index contributed by atoms with van der Waals surface area (Å²) in [6, 6.07) is 11.7. The molecule has 4 N–H and O–H groups in total. The standard InChI is InChI=1S/C24H24N8O2/c1-26-23(33)21(25)20(13-29-16-5-3-2-4-6-16)32-24(34)22-19(30-17-11-27-14-28-12-17)10-9-18(31-22)15-7-8-15/h2-6,9-15,20,25,30H,7-8H2,1H3,(H,26,33)(H,32,34). The molecule has 1 aliphatic carbocycles. The van der Waals surface area contributed by atoms with E-state index >= 15 is 0 Å². The summed E-state index contributed by atoms with van der Waals surface area (Å²) in [5.41, 5.74) is 2.32. The molecule has 2 aromatic heterocycles. The van der Waals surface area contributed by atoms with E-state index in [4.69, 9.17) is 5.41 Å². The molecule has 2 amide bonds. The van der Waals surface area contributed by atoms with Crippen LogP contribution in [0.3, 0.4) is 0 Å². The fraction of sp³-hybridized carbons (Fsp3) is 0.208. The Labute approximate surface area is 196 Å². The highest BCUT2D eigenvalue weighted by Crippen LogP contribution is 2.39. The van der Waals surface area contributed by atoms with Crippen molar-refractivity contribution in [1.29, 1.82) is 5.41 Å². The Kier molecular flexibility index (Phi) is 6.97. The number of hydrogen-bond donors (Lipinski definition) is 4. The average Bonchev–Trinajstić information content (AvgIpc) is 3.72. The maximum absolute atomic E-state index is 13.4. The molecule has 1 unspecified atom stereocenters. The van der Waals surface area contributed by atoms with Gasteiger partial charge >= 0.3 is 0 Å². The van der Waals surface area contributed by atoms with Crippen molar-refractivity contribution in [2.75, 3.05) is 12.4 Å². The highest BCUT2D eigenvalue weighted by molar-refractivity contribution is 6.43. The van der Waals surface area contributed by atoms with Crippen LogP contribution in [0.5, 0.6) is 0 Å². The van der Waals surface area contributed by atoms with Crippen LogP contribution in [-0.2, 0) is 4.79 Å². The number of anilines is 2. The Morgan fingerprint density at radius 2 is 1.85 bits per heavy atom. The molecule has 3 aromatic rings. The number of aliphatic imine (C=N–C) groups is 1. The monoisotopic (exact) mass is 456 g/mol. The number of aromatic nitrogens is 3. The SMILES string of the molecule is CNC(=O)C(=N)C(C=Nc1ccccc1)NC(=O)c1nc(C2CC2)ccc1Nc1cncnc1. The summed E-state index contributed by atoms with van der Waals surface area (Å²) >= 11 is 0. The number of amides is 2. The Bertz CT molecular complexity index is 1210. The molecule has 34 heavy (non-hydrogen) atoms. The lowest BCUT2D eigenvalue weighted by molar-refractivity contribution is -0.114. The number of carbonyl (C=O) groups excluding carboxylic acids is 2. The van der Waals surface area contributed by atoms with E-state index in [2.05, 4.69) is 35.9 Å². The van der Waals surface area contributed by atoms with Crippen molar-refractivity contribution in [2.45, 2.75) is 24.8 Å². The van der Waals surface area contributed by atoms with Gasteiger partial charge in [-0.1, -0.05) is 18.2 Å². The van der Waals surface area contributed by atoms with Crippen LogP contribution < -0.4 is 16.0 Å². The lowest BCUT2D eigenvalue weighted by Gasteiger charge is -2.17. The zero-order chi connectivity index (χ0) is 23.9. The van der Waals surface area contributed by atoms with Crippen molar-refractivity contribution in [3.63, 3.8) is 0 Å². The van der Waals surface area contributed by atoms with E-state index in [1.54, 1.807) is 30.6 Å². The van der Waals surface area contributed by atoms with Crippen LogP contribution in [-0.4, -0.2) is 51.8 Å². The molecule has 172 valence electrons. The Morgan fingerprint density at radius 3 is 2.53 bits per heavy atom. The molecule has 0 saturated heterocycles. The van der Waals surface area contributed by atoms with Crippen LogP contribution in [0.1, 0.15) is 34.9 Å². The fourth-order valence-corrected chi connectivity index (χ4v) is 3.22. The van der Waals surface area contributed by atoms with E-state index in [0.717, 1.165) is 18.5 Å². The van der Waals surface area contributed by atoms with Gasteiger partial charge in [-0.05, 0) is 37.1 Å². The Hall–Kier alpha value is -4.47. The molecule has 1 fully saturated rings. The fourth-order valence-electron chi connectivity index (χ4n) is 3.22. The number of pyridine rings is 1. The minimum atomic E-state index is -1.06. The number of rotatable bonds is 9. The van der Waals surface area contributed by atoms with Crippen molar-refractivity contribution in [3.05, 3.63) is 72.6 Å². The van der Waals surface area contributed by atoms with Gasteiger partial charge in [-0.15, -0.1) is 0 Å². The van der Waals surface area contributed by atoms with Gasteiger partial charge in [-0.25, -0.2) is 15.0 Å². The topological polar surface area (TPSA) is 145 Å². The zero-order valence-electron chi connectivity index (χ0n) is 18.5. The summed E-state index contributed by atoms with van der Waals surface area (Å²) in [6.45, 7) is 0. The van der Waals surface area contributed by atoms with E-state index in [1.165, 1.54) is 19.6 Å². The van der Waals surface area contributed by atoms with Gasteiger partial charge < -0.3 is 16.0 Å². The molecule has 2 heterocycles. The normalized spacial score (nSPS) is 13.8. The Morgan fingerprint density at radius 1 is 1.12 bits per heavy atom. The van der Waals surface area contributed by atoms with Crippen molar-refractivity contribution in [2.24, 2.45) is 4.99 Å². The minimum absolute atomic E-state index is 0.149. The molecule has 1 aliphatic rings. The number of hydrogen-bond acceptors (Lipinski definition) is 8. The van der Waals surface area contributed by atoms with Gasteiger partial charge in [-0.2, -0.15) is 0 Å². The molecule has 10 nitrogen and oxygen atoms in total. The van der Waals surface area contributed by atoms with Crippen molar-refractivity contribution in [1.82, 2.24) is 25.6 Å². The van der Waals surface area contributed by atoms with Crippen LogP contribution in [0.4, 0.5) is 17.1 Å². The molecule has 0 spiro atoms. The van der Waals surface area contributed by atoms with Gasteiger partial charge in [0.2, 0.25) is 0 Å². The lowest BCUT2D eigenvalue weighted by Crippen LogP contribution is -2.47. The second-order valence-electron chi connectivity index (χ2n) is 7.72. The summed E-state index contributed by atoms with van der Waals surface area (Å²) in [6.07, 6.45) is 8.00. The first kappa shape index (κ1) is 22.7. The Balaban J connectivity index is 1.63. The third-order valence-electron chi connectivity index (χ3n) is 5.17. The van der Waals surface area contributed by atoms with Gasteiger partial charge in [0.1, 0.15) is 18.1 Å². The maximum Gasteiger partial charge on any atom is 0.272 e. The highest BCUT2D eigenvalue weighted by atomic mass is 16.2. The number of nitrogens with zero attached hydrogens (tertiary/aromatic N) is 4. The predicted octanol–water partition coefficient (Wildman–Crippen LogP) is 2.76. The number of para-hydroxylation sites is 1. The highest BCUT2D eigenvalue weighted by Gasteiger charge is 2.28. The maximum atomic E-state index is 13.4. The van der Waals surface area contributed by atoms with E-state index < -0.39 is 17.9 Å². The van der Waals surface area contributed by atoms with Crippen LogP contribution in [0.25, 0.3) is 0 Å². The van der Waals surface area contributed by atoms with Gasteiger partial charge in [0, 0.05) is 24.9 Å². The molecule has 0 aliphatic heterocycles. The average molecular weight is 457 g/mol. The lowest BCUT2D eigenvalue weighted by atomic mass is 10.1. The largest absolute Gasteiger partial charge is 0.354 e. The molecule has 0 bridgehead atoms. The smallest absolute Gasteiger partial charge is 0.272 e. The van der Waals surface area contributed by atoms with Crippen molar-refractivity contribution in [3.8, 4) is 0 Å². The molecular weight excluding hydrogens is 432 g/mol. The van der Waals surface area contributed by atoms with Crippen LogP contribution in [0.2, 0.25) is 0 Å². The van der Waals surface area contributed by atoms with Gasteiger partial charge in [0.05, 0.1) is 29.5 Å². The van der Waals surface area contributed by atoms with Crippen LogP contribution in [0, 0.1) is 5.41 Å². The second-order valence-corrected chi connectivity index (χ2v) is 7.72. The molecule has 1 saturated carbocycles. The number of carbonyl (C=O) groups is 2. The molecule has 1 atom stereocenters. The third-order valence-corrected chi connectivity index (χ3v) is 5.17. The number of benzene rings is 1. The summed E-state index contributed by atoms with van der Waals surface area (Å²) < 4.78 is 0. The quantitative estimate of drug-likeness (QED) is 0.364. The first-order chi connectivity index (χ1) is 16.5.